The predicted molar refractivity (Wildman–Crippen MR) is 105 cm³/mol. The molecular weight excluding hydrogens is 376 g/mol. The Labute approximate surface area is 172 Å². The summed E-state index contributed by atoms with van der Waals surface area (Å²) < 4.78 is 17.3. The Morgan fingerprint density at radius 3 is 2.62 bits per heavy atom. The number of hydrogen-bond acceptors (Lipinski definition) is 7. The zero-order valence-corrected chi connectivity index (χ0v) is 17.7. The number of fused-ring (bicyclic) bond motifs is 4. The van der Waals surface area contributed by atoms with Gasteiger partial charge in [0.15, 0.2) is 0 Å². The van der Waals surface area contributed by atoms with Crippen LogP contribution >= 0.6 is 0 Å². The molecule has 0 aromatic rings. The molecule has 0 aromatic heterocycles. The van der Waals surface area contributed by atoms with Crippen LogP contribution in [-0.2, 0) is 28.7 Å². The van der Waals surface area contributed by atoms with Crippen molar-refractivity contribution in [2.24, 2.45) is 5.92 Å². The van der Waals surface area contributed by atoms with Gasteiger partial charge in [0.1, 0.15) is 17.3 Å². The molecule has 29 heavy (non-hydrogen) atoms. The summed E-state index contributed by atoms with van der Waals surface area (Å²) in [7, 11) is 0. The fourth-order valence-electron chi connectivity index (χ4n) is 4.45. The SMILES string of the molecule is C=C1C(=O)O[C@]2(C)CC[C@@H]1C[C@@H]1O[C@@]1(C)C/C=C\[C@](C)(OO)CC[C@H]2OC(C)=O. The van der Waals surface area contributed by atoms with Gasteiger partial charge < -0.3 is 14.2 Å². The van der Waals surface area contributed by atoms with E-state index in [-0.39, 0.29) is 17.6 Å². The largest absolute Gasteiger partial charge is 0.458 e. The van der Waals surface area contributed by atoms with Gasteiger partial charge in [0, 0.05) is 12.5 Å². The molecule has 7 heteroatoms. The fraction of sp³-hybridized carbons (Fsp3) is 0.727. The van der Waals surface area contributed by atoms with E-state index in [1.54, 1.807) is 13.8 Å². The Balaban J connectivity index is 1.95. The molecule has 3 rings (SSSR count). The molecule has 0 unspecified atom stereocenters. The number of carbonyl (C=O) groups excluding carboxylic acids is 2. The summed E-state index contributed by atoms with van der Waals surface area (Å²) in [5.74, 6) is -0.937. The zero-order chi connectivity index (χ0) is 21.4. The topological polar surface area (TPSA) is 94.6 Å². The van der Waals surface area contributed by atoms with Crippen LogP contribution in [0.25, 0.3) is 0 Å². The Kier molecular flexibility index (Phi) is 5.96. The van der Waals surface area contributed by atoms with Gasteiger partial charge >= 0.3 is 11.9 Å². The minimum atomic E-state index is -0.988. The maximum absolute atomic E-state index is 12.8. The fourth-order valence-corrected chi connectivity index (χ4v) is 4.45. The average Bonchev–Trinajstić information content (AvgIpc) is 3.31. The van der Waals surface area contributed by atoms with E-state index in [0.29, 0.717) is 44.1 Å². The molecule has 7 nitrogen and oxygen atoms in total. The van der Waals surface area contributed by atoms with Gasteiger partial charge in [-0.05, 0) is 65.2 Å². The molecule has 2 bridgehead atoms. The smallest absolute Gasteiger partial charge is 0.334 e. The third-order valence-electron chi connectivity index (χ3n) is 6.70. The minimum Gasteiger partial charge on any atom is -0.458 e. The highest BCUT2D eigenvalue weighted by atomic mass is 17.1. The molecule has 0 spiro atoms. The standard InChI is InChI=1S/C22H32O7/c1-14-16-7-12-22(5,28-19(14)24)17(26-15(2)23)8-11-20(3,29-25)9-6-10-21(4)18(13-16)27-21/h6,9,16-18,25H,1,7-8,10-13H2,2-5H3/b9-6-/t16-,17-,18+,20+,21+,22-/m1/s1. The van der Waals surface area contributed by atoms with Gasteiger partial charge in [-0.2, -0.15) is 0 Å². The highest BCUT2D eigenvalue weighted by Gasteiger charge is 2.53. The number of rotatable bonds is 2. The first kappa shape index (κ1) is 22.0. The van der Waals surface area contributed by atoms with Gasteiger partial charge in [0.2, 0.25) is 0 Å². The van der Waals surface area contributed by atoms with Crippen molar-refractivity contribution in [3.05, 3.63) is 24.3 Å². The summed E-state index contributed by atoms with van der Waals surface area (Å²) >= 11 is 0. The van der Waals surface area contributed by atoms with Crippen LogP contribution in [0.3, 0.4) is 0 Å². The van der Waals surface area contributed by atoms with Gasteiger partial charge in [-0.25, -0.2) is 9.68 Å². The number of ether oxygens (including phenoxy) is 3. The van der Waals surface area contributed by atoms with Crippen LogP contribution in [0, 0.1) is 5.92 Å². The Morgan fingerprint density at radius 2 is 1.97 bits per heavy atom. The van der Waals surface area contributed by atoms with E-state index in [4.69, 9.17) is 19.1 Å². The molecule has 6 atom stereocenters. The van der Waals surface area contributed by atoms with E-state index in [9.17, 15) is 14.8 Å². The minimum absolute atomic E-state index is 0.0274. The lowest BCUT2D eigenvalue weighted by Crippen LogP contribution is -2.46. The van der Waals surface area contributed by atoms with Crippen molar-refractivity contribution in [3.63, 3.8) is 0 Å². The summed E-state index contributed by atoms with van der Waals surface area (Å²) in [5, 5.41) is 9.49. The summed E-state index contributed by atoms with van der Waals surface area (Å²) in [6.07, 6.45) is 6.46. The van der Waals surface area contributed by atoms with Crippen molar-refractivity contribution >= 4 is 11.9 Å². The lowest BCUT2D eigenvalue weighted by atomic mass is 9.82. The lowest BCUT2D eigenvalue weighted by molar-refractivity contribution is -0.305. The molecule has 0 aromatic carbocycles. The number of epoxide rings is 1. The molecule has 2 fully saturated rings. The molecule has 0 amide bonds. The van der Waals surface area contributed by atoms with Crippen LogP contribution in [0.2, 0.25) is 0 Å². The number of hydrogen-bond donors (Lipinski definition) is 1. The Morgan fingerprint density at radius 1 is 1.24 bits per heavy atom. The van der Waals surface area contributed by atoms with Crippen LogP contribution in [-0.4, -0.2) is 46.2 Å². The highest BCUT2D eigenvalue weighted by Crippen LogP contribution is 2.47. The van der Waals surface area contributed by atoms with Gasteiger partial charge in [-0.1, -0.05) is 18.7 Å². The summed E-state index contributed by atoms with van der Waals surface area (Å²) in [6, 6.07) is 0. The Bertz CT molecular complexity index is 716. The van der Waals surface area contributed by atoms with Gasteiger partial charge in [0.25, 0.3) is 0 Å². The van der Waals surface area contributed by atoms with Crippen molar-refractivity contribution in [1.82, 2.24) is 0 Å². The van der Waals surface area contributed by atoms with Gasteiger partial charge in [-0.15, -0.1) is 0 Å². The van der Waals surface area contributed by atoms with E-state index in [1.165, 1.54) is 6.92 Å². The third kappa shape index (κ3) is 4.73. The molecule has 2 saturated heterocycles. The predicted octanol–water partition coefficient (Wildman–Crippen LogP) is 3.72. The maximum atomic E-state index is 12.8. The molecule has 2 heterocycles. The van der Waals surface area contributed by atoms with Crippen LogP contribution in [0.1, 0.15) is 66.2 Å². The molecule has 162 valence electrons. The van der Waals surface area contributed by atoms with Crippen LogP contribution in [0.5, 0.6) is 0 Å². The quantitative estimate of drug-likeness (QED) is 0.186. The molecule has 3 aliphatic rings. The van der Waals surface area contributed by atoms with E-state index < -0.39 is 29.2 Å². The molecule has 0 radical (unpaired) electrons. The number of esters is 2. The van der Waals surface area contributed by atoms with E-state index in [0.717, 1.165) is 0 Å². The van der Waals surface area contributed by atoms with Crippen LogP contribution < -0.4 is 0 Å². The lowest BCUT2D eigenvalue weighted by Gasteiger charge is -2.36. The summed E-state index contributed by atoms with van der Waals surface area (Å²) in [4.78, 5) is 29.3. The van der Waals surface area contributed by atoms with Crippen molar-refractivity contribution in [3.8, 4) is 0 Å². The van der Waals surface area contributed by atoms with Crippen molar-refractivity contribution in [1.29, 1.82) is 0 Å². The van der Waals surface area contributed by atoms with Crippen LogP contribution in [0.4, 0.5) is 0 Å². The molecule has 0 saturated carbocycles. The second-order valence-electron chi connectivity index (χ2n) is 9.27. The van der Waals surface area contributed by atoms with Gasteiger partial charge in [-0.3, -0.25) is 10.1 Å². The first-order valence-corrected chi connectivity index (χ1v) is 10.3. The van der Waals surface area contributed by atoms with Gasteiger partial charge in [0.05, 0.1) is 11.7 Å². The second kappa shape index (κ2) is 7.85. The van der Waals surface area contributed by atoms with Crippen molar-refractivity contribution in [2.45, 2.75) is 95.2 Å². The Hall–Kier alpha value is -1.70. The first-order valence-electron chi connectivity index (χ1n) is 10.3. The van der Waals surface area contributed by atoms with Crippen molar-refractivity contribution in [2.75, 3.05) is 0 Å². The van der Waals surface area contributed by atoms with Crippen LogP contribution in [0.15, 0.2) is 24.3 Å². The average molecular weight is 408 g/mol. The maximum Gasteiger partial charge on any atom is 0.334 e. The first-order chi connectivity index (χ1) is 13.5. The normalized spacial score (nSPS) is 44.1. The molecule has 2 aliphatic heterocycles. The zero-order valence-electron chi connectivity index (χ0n) is 17.7. The third-order valence-corrected chi connectivity index (χ3v) is 6.70. The van der Waals surface area contributed by atoms with E-state index in [1.807, 2.05) is 19.1 Å². The monoisotopic (exact) mass is 408 g/mol. The highest BCUT2D eigenvalue weighted by molar-refractivity contribution is 5.89. The van der Waals surface area contributed by atoms with E-state index >= 15 is 0 Å². The summed E-state index contributed by atoms with van der Waals surface area (Å²) in [5.41, 5.74) is -1.79. The molecule has 1 aliphatic carbocycles. The summed E-state index contributed by atoms with van der Waals surface area (Å²) in [6.45, 7) is 10.9. The molecule has 1 N–H and O–H groups in total. The van der Waals surface area contributed by atoms with E-state index in [2.05, 4.69) is 6.58 Å². The molecular formula is C22H32O7. The number of carbonyl (C=O) groups is 2. The second-order valence-corrected chi connectivity index (χ2v) is 9.27. The van der Waals surface area contributed by atoms with Crippen molar-refractivity contribution < 1.29 is 33.9 Å².